The van der Waals surface area contributed by atoms with E-state index in [1.165, 1.54) is 4.57 Å². The Morgan fingerprint density at radius 2 is 1.95 bits per heavy atom. The number of hydrogen-bond donors (Lipinski definition) is 3. The van der Waals surface area contributed by atoms with Gasteiger partial charge in [0, 0.05) is 28.0 Å². The molecule has 1 atom stereocenters. The SMILES string of the molecule is Cc1nc2c(NC(=O)CNC(=O)Cn3ccc4cc(Br)ccc43)cccc2c(=O)n1C1CCC(=O)NC1=O. The molecule has 0 saturated carbocycles. The normalized spacial score (nSPS) is 15.5. The summed E-state index contributed by atoms with van der Waals surface area (Å²) in [6.45, 7) is 1.37. The maximum Gasteiger partial charge on any atom is 0.262 e. The Morgan fingerprint density at radius 1 is 1.13 bits per heavy atom. The van der Waals surface area contributed by atoms with E-state index in [1.807, 2.05) is 30.5 Å². The van der Waals surface area contributed by atoms with Gasteiger partial charge < -0.3 is 15.2 Å². The highest BCUT2D eigenvalue weighted by Crippen LogP contribution is 2.24. The molecule has 4 aromatic rings. The van der Waals surface area contributed by atoms with Crippen molar-refractivity contribution in [2.24, 2.45) is 0 Å². The van der Waals surface area contributed by atoms with Gasteiger partial charge in [0.1, 0.15) is 23.9 Å². The molecule has 2 aromatic carbocycles. The molecule has 5 rings (SSSR count). The second-order valence-corrected chi connectivity index (χ2v) is 9.89. The zero-order valence-corrected chi connectivity index (χ0v) is 21.9. The number of aryl methyl sites for hydroxylation is 1. The van der Waals surface area contributed by atoms with E-state index in [9.17, 15) is 24.0 Å². The number of para-hydroxylation sites is 1. The Morgan fingerprint density at radius 3 is 2.74 bits per heavy atom. The van der Waals surface area contributed by atoms with Crippen molar-refractivity contribution in [3.63, 3.8) is 0 Å². The van der Waals surface area contributed by atoms with E-state index >= 15 is 0 Å². The highest BCUT2D eigenvalue weighted by molar-refractivity contribution is 9.10. The Bertz CT molecular complexity index is 1690. The minimum atomic E-state index is -0.843. The highest BCUT2D eigenvalue weighted by Gasteiger charge is 2.30. The molecular weight excluding hydrogens is 556 g/mol. The van der Waals surface area contributed by atoms with E-state index < -0.39 is 23.4 Å². The summed E-state index contributed by atoms with van der Waals surface area (Å²) in [5, 5.41) is 8.77. The molecule has 1 unspecified atom stereocenters. The number of imide groups is 1. The molecule has 12 heteroatoms. The molecule has 38 heavy (non-hydrogen) atoms. The third kappa shape index (κ3) is 4.94. The Balaban J connectivity index is 1.29. The van der Waals surface area contributed by atoms with Crippen LogP contribution in [0.1, 0.15) is 24.7 Å². The van der Waals surface area contributed by atoms with Crippen molar-refractivity contribution < 1.29 is 19.2 Å². The van der Waals surface area contributed by atoms with E-state index in [4.69, 9.17) is 0 Å². The van der Waals surface area contributed by atoms with Crippen LogP contribution in [0.5, 0.6) is 0 Å². The Hall–Kier alpha value is -4.32. The molecule has 194 valence electrons. The van der Waals surface area contributed by atoms with Crippen LogP contribution in [-0.2, 0) is 25.7 Å². The molecule has 3 N–H and O–H groups in total. The molecule has 3 heterocycles. The summed E-state index contributed by atoms with van der Waals surface area (Å²) in [5.41, 5.74) is 1.02. The van der Waals surface area contributed by atoms with Crippen LogP contribution in [0.3, 0.4) is 0 Å². The first-order valence-electron chi connectivity index (χ1n) is 11.9. The summed E-state index contributed by atoms with van der Waals surface area (Å²) in [7, 11) is 0. The van der Waals surface area contributed by atoms with Crippen LogP contribution < -0.4 is 21.5 Å². The number of carbonyl (C=O) groups is 4. The maximum atomic E-state index is 13.3. The molecule has 1 aliphatic rings. The summed E-state index contributed by atoms with van der Waals surface area (Å²) < 4.78 is 4.01. The van der Waals surface area contributed by atoms with Crippen molar-refractivity contribution in [2.75, 3.05) is 11.9 Å². The van der Waals surface area contributed by atoms with Gasteiger partial charge >= 0.3 is 0 Å². The summed E-state index contributed by atoms with van der Waals surface area (Å²) >= 11 is 3.43. The van der Waals surface area contributed by atoms with Gasteiger partial charge in [0.2, 0.25) is 23.6 Å². The van der Waals surface area contributed by atoms with Gasteiger partial charge in [-0.2, -0.15) is 0 Å². The fraction of sp³-hybridized carbons (Fsp3) is 0.231. The number of amides is 4. The minimum Gasteiger partial charge on any atom is -0.345 e. The zero-order valence-electron chi connectivity index (χ0n) is 20.3. The van der Waals surface area contributed by atoms with Gasteiger partial charge in [0.05, 0.1) is 17.6 Å². The van der Waals surface area contributed by atoms with Crippen molar-refractivity contribution in [2.45, 2.75) is 32.4 Å². The largest absolute Gasteiger partial charge is 0.345 e. The fourth-order valence-electron chi connectivity index (χ4n) is 4.62. The lowest BCUT2D eigenvalue weighted by Crippen LogP contribution is -2.45. The van der Waals surface area contributed by atoms with Crippen molar-refractivity contribution in [1.82, 2.24) is 24.8 Å². The van der Waals surface area contributed by atoms with Gasteiger partial charge in [-0.1, -0.05) is 22.0 Å². The molecule has 2 aromatic heterocycles. The molecular formula is C26H23BrN6O5. The van der Waals surface area contributed by atoms with Gasteiger partial charge in [0.25, 0.3) is 5.56 Å². The van der Waals surface area contributed by atoms with E-state index in [1.54, 1.807) is 29.7 Å². The third-order valence-electron chi connectivity index (χ3n) is 6.40. The number of rotatable bonds is 6. The van der Waals surface area contributed by atoms with Crippen LogP contribution in [0.25, 0.3) is 21.8 Å². The topological polar surface area (TPSA) is 144 Å². The molecule has 1 saturated heterocycles. The van der Waals surface area contributed by atoms with Gasteiger partial charge in [-0.05, 0) is 49.7 Å². The Kier molecular flexibility index (Phi) is 6.81. The minimum absolute atomic E-state index is 0.0489. The second-order valence-electron chi connectivity index (χ2n) is 8.97. The number of aromatic nitrogens is 3. The average molecular weight is 579 g/mol. The molecule has 11 nitrogen and oxygen atoms in total. The smallest absolute Gasteiger partial charge is 0.262 e. The van der Waals surface area contributed by atoms with Crippen LogP contribution in [0.2, 0.25) is 0 Å². The summed E-state index contributed by atoms with van der Waals surface area (Å²) in [4.78, 5) is 66.7. The first-order valence-corrected chi connectivity index (χ1v) is 12.7. The third-order valence-corrected chi connectivity index (χ3v) is 6.89. The standard InChI is InChI=1S/C26H23BrN6O5/c1-14-29-24-17(26(38)33(14)20-7-8-21(34)31-25(20)37)3-2-4-18(24)30-22(35)12-28-23(36)13-32-10-9-15-11-16(27)5-6-19(15)32/h2-6,9-11,20H,7-8,12-13H2,1H3,(H,28,36)(H,30,35)(H,31,34,37). The number of nitrogens with zero attached hydrogens (tertiary/aromatic N) is 3. The summed E-state index contributed by atoms with van der Waals surface area (Å²) in [5.74, 6) is -1.47. The zero-order chi connectivity index (χ0) is 27.0. The van der Waals surface area contributed by atoms with Crippen molar-refractivity contribution in [3.8, 4) is 0 Å². The fourth-order valence-corrected chi connectivity index (χ4v) is 5.00. The number of anilines is 1. The summed E-state index contributed by atoms with van der Waals surface area (Å²) in [6, 6.07) is 11.6. The first-order chi connectivity index (χ1) is 18.2. The van der Waals surface area contributed by atoms with Crippen LogP contribution in [0, 0.1) is 6.92 Å². The molecule has 0 radical (unpaired) electrons. The van der Waals surface area contributed by atoms with Crippen LogP contribution in [-0.4, -0.2) is 44.3 Å². The second kappa shape index (κ2) is 10.2. The first kappa shape index (κ1) is 25.3. The molecule has 0 bridgehead atoms. The van der Waals surface area contributed by atoms with E-state index in [0.29, 0.717) is 5.69 Å². The predicted octanol–water partition coefficient (Wildman–Crippen LogP) is 2.15. The molecule has 0 spiro atoms. The average Bonchev–Trinajstić information content (AvgIpc) is 3.26. The predicted molar refractivity (Wildman–Crippen MR) is 143 cm³/mol. The molecule has 1 aliphatic heterocycles. The lowest BCUT2D eigenvalue weighted by atomic mass is 10.1. The summed E-state index contributed by atoms with van der Waals surface area (Å²) in [6.07, 6.45) is 2.13. The number of hydrogen-bond acceptors (Lipinski definition) is 6. The number of fused-ring (bicyclic) bond motifs is 2. The number of nitrogens with one attached hydrogen (secondary N) is 3. The van der Waals surface area contributed by atoms with Crippen molar-refractivity contribution >= 4 is 67.1 Å². The van der Waals surface area contributed by atoms with Gasteiger partial charge in [-0.3, -0.25) is 33.9 Å². The van der Waals surface area contributed by atoms with Gasteiger partial charge in [0.15, 0.2) is 0 Å². The van der Waals surface area contributed by atoms with E-state index in [-0.39, 0.29) is 54.5 Å². The van der Waals surface area contributed by atoms with E-state index in [0.717, 1.165) is 15.4 Å². The van der Waals surface area contributed by atoms with Crippen molar-refractivity contribution in [1.29, 1.82) is 0 Å². The monoisotopic (exact) mass is 578 g/mol. The van der Waals surface area contributed by atoms with E-state index in [2.05, 4.69) is 36.9 Å². The quantitative estimate of drug-likeness (QED) is 0.299. The maximum absolute atomic E-state index is 13.3. The van der Waals surface area contributed by atoms with Crippen LogP contribution in [0.15, 0.2) is 57.9 Å². The lowest BCUT2D eigenvalue weighted by Gasteiger charge is -2.24. The van der Waals surface area contributed by atoms with Gasteiger partial charge in [-0.15, -0.1) is 0 Å². The van der Waals surface area contributed by atoms with Gasteiger partial charge in [-0.25, -0.2) is 4.98 Å². The lowest BCUT2D eigenvalue weighted by molar-refractivity contribution is -0.136. The van der Waals surface area contributed by atoms with Crippen LogP contribution in [0.4, 0.5) is 5.69 Å². The number of piperidine rings is 1. The highest BCUT2D eigenvalue weighted by atomic mass is 79.9. The molecule has 0 aliphatic carbocycles. The van der Waals surface area contributed by atoms with Crippen molar-refractivity contribution in [3.05, 3.63) is 69.3 Å². The number of benzene rings is 2. The number of carbonyl (C=O) groups excluding carboxylic acids is 4. The number of halogens is 1. The molecule has 1 fully saturated rings. The van der Waals surface area contributed by atoms with Crippen LogP contribution >= 0.6 is 15.9 Å². The molecule has 4 amide bonds. The Labute approximate surface area is 224 Å².